The fourth-order valence-corrected chi connectivity index (χ4v) is 5.59. The third kappa shape index (κ3) is 0.874. The first kappa shape index (κ1) is 12.2. The van der Waals surface area contributed by atoms with E-state index in [1.807, 2.05) is 6.92 Å². The van der Waals surface area contributed by atoms with Gasteiger partial charge < -0.3 is 19.3 Å². The summed E-state index contributed by atoms with van der Waals surface area (Å²) < 4.78 is 16.6. The highest BCUT2D eigenvalue weighted by Gasteiger charge is 2.95. The summed E-state index contributed by atoms with van der Waals surface area (Å²) in [6.07, 6.45) is -1.34. The van der Waals surface area contributed by atoms with E-state index in [1.165, 1.54) is 0 Å². The first-order chi connectivity index (χ1) is 9.79. The summed E-state index contributed by atoms with van der Waals surface area (Å²) >= 11 is 0. The Hall–Kier alpha value is -1.40. The van der Waals surface area contributed by atoms with Gasteiger partial charge in [-0.3, -0.25) is 4.79 Å². The van der Waals surface area contributed by atoms with E-state index < -0.39 is 46.7 Å². The fourth-order valence-electron chi connectivity index (χ4n) is 5.59. The van der Waals surface area contributed by atoms with Crippen molar-refractivity contribution in [3.63, 3.8) is 0 Å². The van der Waals surface area contributed by atoms with Crippen LogP contribution in [0, 0.1) is 17.3 Å². The maximum absolute atomic E-state index is 12.3. The fraction of sp³-hybridized carbons (Fsp3) is 0.733. The summed E-state index contributed by atoms with van der Waals surface area (Å²) in [5, 5.41) is 11.4. The topological polar surface area (TPSA) is 85.4 Å². The molecule has 1 N–H and O–H groups in total. The quantitative estimate of drug-likeness (QED) is 0.414. The second-order valence-electron chi connectivity index (χ2n) is 7.25. The van der Waals surface area contributed by atoms with Crippen LogP contribution in [-0.4, -0.2) is 46.6 Å². The van der Waals surface area contributed by atoms with Gasteiger partial charge in [0.15, 0.2) is 6.10 Å². The Kier molecular flexibility index (Phi) is 1.68. The van der Waals surface area contributed by atoms with Gasteiger partial charge in [0, 0.05) is 12.3 Å². The summed E-state index contributed by atoms with van der Waals surface area (Å²) in [4.78, 5) is 24.7. The van der Waals surface area contributed by atoms with Gasteiger partial charge in [0.2, 0.25) is 5.60 Å². The van der Waals surface area contributed by atoms with Crippen LogP contribution in [0.3, 0.4) is 0 Å². The summed E-state index contributed by atoms with van der Waals surface area (Å²) in [7, 11) is 0. The van der Waals surface area contributed by atoms with E-state index in [0.717, 1.165) is 5.57 Å². The van der Waals surface area contributed by atoms with Crippen molar-refractivity contribution in [3.05, 3.63) is 12.2 Å². The SMILES string of the molecule is C=C(C)[C@@H]1[C@H]2OC(=O)[C@@H]1[C@@]1(O)C[C@H]3O[C@@]34C(=O)O[C@H]2[C@@]14C. The number of aliphatic hydroxyl groups is 1. The summed E-state index contributed by atoms with van der Waals surface area (Å²) in [5.41, 5.74) is -2.60. The molecule has 5 rings (SSSR count). The lowest BCUT2D eigenvalue weighted by molar-refractivity contribution is -0.195. The molecule has 3 heterocycles. The van der Waals surface area contributed by atoms with Crippen molar-refractivity contribution in [2.45, 2.75) is 49.8 Å². The zero-order chi connectivity index (χ0) is 14.9. The second-order valence-corrected chi connectivity index (χ2v) is 7.25. The largest absolute Gasteiger partial charge is 0.457 e. The number of hydrogen-bond donors (Lipinski definition) is 1. The van der Waals surface area contributed by atoms with E-state index in [1.54, 1.807) is 6.92 Å². The molecule has 2 aliphatic carbocycles. The van der Waals surface area contributed by atoms with Gasteiger partial charge in [-0.05, 0) is 13.8 Å². The lowest BCUT2D eigenvalue weighted by Crippen LogP contribution is -2.66. The van der Waals surface area contributed by atoms with Crippen molar-refractivity contribution in [2.75, 3.05) is 0 Å². The molecule has 0 aromatic carbocycles. The average molecular weight is 292 g/mol. The molecule has 1 spiro atoms. The zero-order valence-electron chi connectivity index (χ0n) is 11.8. The minimum atomic E-state index is -1.35. The molecule has 0 unspecified atom stereocenters. The summed E-state index contributed by atoms with van der Waals surface area (Å²) in [6, 6.07) is 0. The van der Waals surface area contributed by atoms with Crippen molar-refractivity contribution in [1.82, 2.24) is 0 Å². The first-order valence-electron chi connectivity index (χ1n) is 7.26. The van der Waals surface area contributed by atoms with Gasteiger partial charge in [-0.1, -0.05) is 12.2 Å². The Bertz CT molecular complexity index is 642. The number of carbonyl (C=O) groups is 2. The highest BCUT2D eigenvalue weighted by molar-refractivity contribution is 5.91. The van der Waals surface area contributed by atoms with E-state index in [-0.39, 0.29) is 18.4 Å². The molecule has 5 aliphatic rings. The number of epoxide rings is 1. The van der Waals surface area contributed by atoms with Gasteiger partial charge in [0.25, 0.3) is 0 Å². The predicted octanol–water partition coefficient (Wildman–Crippen LogP) is -0.0620. The van der Waals surface area contributed by atoms with Crippen molar-refractivity contribution in [3.8, 4) is 0 Å². The minimum Gasteiger partial charge on any atom is -0.457 e. The highest BCUT2D eigenvalue weighted by Crippen LogP contribution is 2.76. The predicted molar refractivity (Wildman–Crippen MR) is 66.8 cm³/mol. The van der Waals surface area contributed by atoms with Crippen molar-refractivity contribution < 1.29 is 28.9 Å². The molecule has 5 fully saturated rings. The average Bonchev–Trinajstić information content (AvgIpc) is 2.86. The van der Waals surface area contributed by atoms with E-state index in [0.29, 0.717) is 0 Å². The molecule has 2 saturated carbocycles. The molecule has 0 radical (unpaired) electrons. The van der Waals surface area contributed by atoms with E-state index >= 15 is 0 Å². The van der Waals surface area contributed by atoms with Crippen LogP contribution < -0.4 is 0 Å². The highest BCUT2D eigenvalue weighted by atomic mass is 16.7. The molecule has 0 aromatic rings. The molecular formula is C15H16O6. The van der Waals surface area contributed by atoms with Crippen molar-refractivity contribution in [1.29, 1.82) is 0 Å². The molecule has 6 nitrogen and oxygen atoms in total. The van der Waals surface area contributed by atoms with Gasteiger partial charge in [-0.25, -0.2) is 4.79 Å². The number of fused-ring (bicyclic) bond motifs is 4. The molecule has 0 amide bonds. The molecule has 2 bridgehead atoms. The molecular weight excluding hydrogens is 276 g/mol. The van der Waals surface area contributed by atoms with Crippen LogP contribution in [0.4, 0.5) is 0 Å². The maximum atomic E-state index is 12.3. The van der Waals surface area contributed by atoms with Crippen LogP contribution in [0.5, 0.6) is 0 Å². The Morgan fingerprint density at radius 1 is 1.38 bits per heavy atom. The Morgan fingerprint density at radius 2 is 2.10 bits per heavy atom. The molecule has 0 aromatic heterocycles. The molecule has 21 heavy (non-hydrogen) atoms. The second kappa shape index (κ2) is 2.90. The molecule has 3 aliphatic heterocycles. The Labute approximate surface area is 121 Å². The number of carbonyl (C=O) groups excluding carboxylic acids is 2. The van der Waals surface area contributed by atoms with Crippen LogP contribution in [0.2, 0.25) is 0 Å². The number of hydrogen-bond acceptors (Lipinski definition) is 6. The maximum Gasteiger partial charge on any atom is 0.342 e. The van der Waals surface area contributed by atoms with Crippen molar-refractivity contribution >= 4 is 11.9 Å². The third-order valence-electron chi connectivity index (χ3n) is 6.60. The first-order valence-corrected chi connectivity index (χ1v) is 7.26. The summed E-state index contributed by atoms with van der Waals surface area (Å²) in [5.74, 6) is -1.86. The van der Waals surface area contributed by atoms with Crippen LogP contribution in [0.15, 0.2) is 12.2 Å². The van der Waals surface area contributed by atoms with Crippen LogP contribution in [0.1, 0.15) is 20.3 Å². The number of esters is 2. The van der Waals surface area contributed by atoms with Gasteiger partial charge in [-0.2, -0.15) is 0 Å². The number of rotatable bonds is 1. The summed E-state index contributed by atoms with van der Waals surface area (Å²) in [6.45, 7) is 7.55. The zero-order valence-corrected chi connectivity index (χ0v) is 11.8. The smallest absolute Gasteiger partial charge is 0.342 e. The van der Waals surface area contributed by atoms with Gasteiger partial charge in [0.1, 0.15) is 12.2 Å². The molecule has 8 atom stereocenters. The standard InChI is InChI=1S/C15H16O6/c1-5(2)7-8-11(16)19-9(7)10-13(3)14(8,18)4-6-15(13,21-6)12(17)20-10/h6-10,18H,1,4H2,2-3H3/t6-,7+,8-,9-,10-,13+,14+,15-/m1/s1. The molecule has 6 heteroatoms. The normalized spacial score (nSPS) is 62.0. The minimum absolute atomic E-state index is 0.269. The number of ether oxygens (including phenoxy) is 3. The van der Waals surface area contributed by atoms with E-state index in [2.05, 4.69) is 6.58 Å². The van der Waals surface area contributed by atoms with Gasteiger partial charge in [0.05, 0.1) is 16.9 Å². The van der Waals surface area contributed by atoms with Crippen molar-refractivity contribution in [2.24, 2.45) is 17.3 Å². The van der Waals surface area contributed by atoms with E-state index in [9.17, 15) is 14.7 Å². The van der Waals surface area contributed by atoms with Gasteiger partial charge >= 0.3 is 11.9 Å². The van der Waals surface area contributed by atoms with E-state index in [4.69, 9.17) is 14.2 Å². The molecule has 112 valence electrons. The lowest BCUT2D eigenvalue weighted by Gasteiger charge is -2.51. The van der Waals surface area contributed by atoms with Crippen LogP contribution in [0.25, 0.3) is 0 Å². The Morgan fingerprint density at radius 3 is 2.76 bits per heavy atom. The lowest BCUT2D eigenvalue weighted by atomic mass is 9.53. The van der Waals surface area contributed by atoms with Crippen LogP contribution >= 0.6 is 0 Å². The third-order valence-corrected chi connectivity index (χ3v) is 6.60. The van der Waals surface area contributed by atoms with Gasteiger partial charge in [-0.15, -0.1) is 0 Å². The molecule has 3 saturated heterocycles. The Balaban J connectivity index is 1.78. The van der Waals surface area contributed by atoms with Crippen LogP contribution in [-0.2, 0) is 23.8 Å². The monoisotopic (exact) mass is 292 g/mol.